The summed E-state index contributed by atoms with van der Waals surface area (Å²) in [6.45, 7) is 0.256. The maximum absolute atomic E-state index is 12.4. The quantitative estimate of drug-likeness (QED) is 0.661. The monoisotopic (exact) mass is 352 g/mol. The second kappa shape index (κ2) is 6.38. The summed E-state index contributed by atoms with van der Waals surface area (Å²) < 4.78 is 27.3. The molecular formula is C15H16N2O4S2. The average Bonchev–Trinajstić information content (AvgIpc) is 3.04. The molecule has 23 heavy (non-hydrogen) atoms. The van der Waals surface area contributed by atoms with Gasteiger partial charge in [-0.3, -0.25) is 10.1 Å². The van der Waals surface area contributed by atoms with Crippen LogP contribution >= 0.6 is 11.3 Å². The van der Waals surface area contributed by atoms with E-state index in [1.54, 1.807) is 0 Å². The summed E-state index contributed by atoms with van der Waals surface area (Å²) in [5.41, 5.74) is 2.42. The van der Waals surface area contributed by atoms with E-state index < -0.39 is 14.9 Å². The smallest absolute Gasteiger partial charge is 0.258 e. The second-order valence-corrected chi connectivity index (χ2v) is 8.12. The van der Waals surface area contributed by atoms with Crippen molar-refractivity contribution in [1.29, 1.82) is 0 Å². The summed E-state index contributed by atoms with van der Waals surface area (Å²) in [6, 6.07) is 9.32. The van der Waals surface area contributed by atoms with Crippen LogP contribution in [0.5, 0.6) is 0 Å². The number of nitrogens with one attached hydrogen (secondary N) is 1. The van der Waals surface area contributed by atoms with Crippen LogP contribution in [0.2, 0.25) is 0 Å². The lowest BCUT2D eigenvalue weighted by Gasteiger charge is -2.25. The van der Waals surface area contributed by atoms with Gasteiger partial charge < -0.3 is 0 Å². The Morgan fingerprint density at radius 2 is 2.09 bits per heavy atom. The van der Waals surface area contributed by atoms with Gasteiger partial charge in [0.1, 0.15) is 0 Å². The first-order chi connectivity index (χ1) is 11.0. The van der Waals surface area contributed by atoms with Gasteiger partial charge in [0.05, 0.1) is 4.92 Å². The van der Waals surface area contributed by atoms with Crippen LogP contribution in [0.4, 0.5) is 5.00 Å². The van der Waals surface area contributed by atoms with E-state index in [4.69, 9.17) is 0 Å². The lowest BCUT2D eigenvalue weighted by atomic mass is 9.83. The molecule has 6 nitrogen and oxygen atoms in total. The van der Waals surface area contributed by atoms with Crippen LogP contribution in [0, 0.1) is 10.1 Å². The van der Waals surface area contributed by atoms with E-state index in [1.165, 1.54) is 22.6 Å². The lowest BCUT2D eigenvalue weighted by Crippen LogP contribution is -2.30. The minimum atomic E-state index is -3.88. The molecule has 122 valence electrons. The van der Waals surface area contributed by atoms with E-state index in [0.717, 1.165) is 30.6 Å². The van der Waals surface area contributed by atoms with Gasteiger partial charge in [0.25, 0.3) is 0 Å². The molecule has 2 aromatic rings. The molecule has 1 atom stereocenters. The first kappa shape index (κ1) is 16.1. The number of nitro groups is 1. The van der Waals surface area contributed by atoms with Crippen LogP contribution in [0.3, 0.4) is 0 Å². The normalized spacial score (nSPS) is 17.7. The number of sulfonamides is 1. The lowest BCUT2D eigenvalue weighted by molar-refractivity contribution is -0.383. The number of thiophene rings is 1. The van der Waals surface area contributed by atoms with Crippen LogP contribution < -0.4 is 4.72 Å². The largest absolute Gasteiger partial charge is 0.344 e. The molecule has 0 radical (unpaired) electrons. The summed E-state index contributed by atoms with van der Waals surface area (Å²) in [7, 11) is -3.88. The molecule has 0 fully saturated rings. The third kappa shape index (κ3) is 3.29. The Hall–Kier alpha value is -1.77. The van der Waals surface area contributed by atoms with Crippen LogP contribution in [0.15, 0.2) is 40.6 Å². The Balaban J connectivity index is 1.78. The molecule has 1 heterocycles. The molecule has 1 aromatic carbocycles. The minimum Gasteiger partial charge on any atom is -0.258 e. The van der Waals surface area contributed by atoms with Gasteiger partial charge in [0, 0.05) is 6.54 Å². The SMILES string of the molecule is O=[N+]([O-])c1sccc1S(=O)(=O)NC[C@H]1CCCc2ccccc21. The molecule has 8 heteroatoms. The molecule has 0 saturated heterocycles. The Bertz CT molecular complexity index is 830. The summed E-state index contributed by atoms with van der Waals surface area (Å²) in [5, 5.41) is 12.0. The Morgan fingerprint density at radius 1 is 1.30 bits per heavy atom. The fourth-order valence-electron chi connectivity index (χ4n) is 2.98. The van der Waals surface area contributed by atoms with E-state index in [0.29, 0.717) is 0 Å². The molecular weight excluding hydrogens is 336 g/mol. The zero-order valence-electron chi connectivity index (χ0n) is 12.3. The van der Waals surface area contributed by atoms with Crippen molar-refractivity contribution in [2.75, 3.05) is 6.54 Å². The molecule has 1 aliphatic carbocycles. The van der Waals surface area contributed by atoms with Crippen LogP contribution in [-0.4, -0.2) is 19.9 Å². The number of benzene rings is 1. The van der Waals surface area contributed by atoms with Crippen molar-refractivity contribution in [3.8, 4) is 0 Å². The predicted octanol–water partition coefficient (Wildman–Crippen LogP) is 3.05. The zero-order chi connectivity index (χ0) is 16.4. The molecule has 1 aromatic heterocycles. The van der Waals surface area contributed by atoms with Gasteiger partial charge in [0.15, 0.2) is 4.90 Å². The molecule has 0 unspecified atom stereocenters. The van der Waals surface area contributed by atoms with E-state index in [9.17, 15) is 18.5 Å². The number of nitrogens with zero attached hydrogens (tertiary/aromatic N) is 1. The summed E-state index contributed by atoms with van der Waals surface area (Å²) in [6.07, 6.45) is 2.93. The molecule has 0 aliphatic heterocycles. The fraction of sp³-hybridized carbons (Fsp3) is 0.333. The third-order valence-corrected chi connectivity index (χ3v) is 6.53. The van der Waals surface area contributed by atoms with E-state index in [-0.39, 0.29) is 22.4 Å². The van der Waals surface area contributed by atoms with Gasteiger partial charge in [0.2, 0.25) is 10.0 Å². The molecule has 1 aliphatic rings. The number of hydrogen-bond donors (Lipinski definition) is 1. The maximum Gasteiger partial charge on any atom is 0.344 e. The van der Waals surface area contributed by atoms with Crippen LogP contribution in [0.1, 0.15) is 29.9 Å². The van der Waals surface area contributed by atoms with Crippen LogP contribution in [0.25, 0.3) is 0 Å². The summed E-state index contributed by atoms with van der Waals surface area (Å²) >= 11 is 0.816. The minimum absolute atomic E-state index is 0.104. The van der Waals surface area contributed by atoms with Gasteiger partial charge in [-0.05, 0) is 47.8 Å². The van der Waals surface area contributed by atoms with Gasteiger partial charge in [-0.1, -0.05) is 35.6 Å². The van der Waals surface area contributed by atoms with E-state index in [1.807, 2.05) is 18.2 Å². The van der Waals surface area contributed by atoms with Crippen molar-refractivity contribution in [2.24, 2.45) is 0 Å². The highest BCUT2D eigenvalue weighted by atomic mass is 32.2. The molecule has 0 amide bonds. The predicted molar refractivity (Wildman–Crippen MR) is 88.3 cm³/mol. The molecule has 0 saturated carbocycles. The number of aryl methyl sites for hydroxylation is 1. The van der Waals surface area contributed by atoms with Crippen molar-refractivity contribution in [3.05, 3.63) is 57.0 Å². The van der Waals surface area contributed by atoms with Crippen molar-refractivity contribution < 1.29 is 13.3 Å². The van der Waals surface area contributed by atoms with Gasteiger partial charge >= 0.3 is 5.00 Å². The molecule has 0 spiro atoms. The van der Waals surface area contributed by atoms with E-state index in [2.05, 4.69) is 10.8 Å². The maximum atomic E-state index is 12.4. The number of rotatable bonds is 5. The highest BCUT2D eigenvalue weighted by Crippen LogP contribution is 2.32. The Kier molecular flexibility index (Phi) is 4.47. The zero-order valence-corrected chi connectivity index (χ0v) is 13.9. The summed E-state index contributed by atoms with van der Waals surface area (Å²) in [5.74, 6) is 0.104. The van der Waals surface area contributed by atoms with Gasteiger partial charge in [-0.15, -0.1) is 0 Å². The number of fused-ring (bicyclic) bond motifs is 1. The standard InChI is InChI=1S/C15H16N2O4S2/c18-17(19)15-14(8-9-22-15)23(20,21)16-10-12-6-3-5-11-4-1-2-7-13(11)12/h1-2,4,7-9,12,16H,3,5-6,10H2/t12-/m1/s1. The molecule has 1 N–H and O–H groups in total. The van der Waals surface area contributed by atoms with Gasteiger partial charge in [-0.25, -0.2) is 13.1 Å². The Labute approximate surface area is 138 Å². The van der Waals surface area contributed by atoms with Gasteiger partial charge in [-0.2, -0.15) is 0 Å². The topological polar surface area (TPSA) is 89.3 Å². The molecule has 3 rings (SSSR count). The first-order valence-electron chi connectivity index (χ1n) is 7.28. The number of hydrogen-bond acceptors (Lipinski definition) is 5. The van der Waals surface area contributed by atoms with Crippen LogP contribution in [-0.2, 0) is 16.4 Å². The first-order valence-corrected chi connectivity index (χ1v) is 9.64. The molecule has 0 bridgehead atoms. The highest BCUT2D eigenvalue weighted by Gasteiger charge is 2.29. The summed E-state index contributed by atoms with van der Waals surface area (Å²) in [4.78, 5) is 10.0. The third-order valence-electron chi connectivity index (χ3n) is 4.08. The second-order valence-electron chi connectivity index (χ2n) is 5.49. The fourth-order valence-corrected chi connectivity index (χ4v) is 5.27. The highest BCUT2D eigenvalue weighted by molar-refractivity contribution is 7.89. The van der Waals surface area contributed by atoms with Crippen molar-refractivity contribution >= 4 is 26.4 Å². The Morgan fingerprint density at radius 3 is 2.87 bits per heavy atom. The van der Waals surface area contributed by atoms with Crippen molar-refractivity contribution in [3.63, 3.8) is 0 Å². The van der Waals surface area contributed by atoms with Crippen molar-refractivity contribution in [2.45, 2.75) is 30.1 Å². The van der Waals surface area contributed by atoms with E-state index >= 15 is 0 Å². The average molecular weight is 352 g/mol. The van der Waals surface area contributed by atoms with Crippen molar-refractivity contribution in [1.82, 2.24) is 4.72 Å².